The molecule has 0 aliphatic heterocycles. The molecule has 1 heterocycles. The number of carbonyl (C=O) groups excluding carboxylic acids is 1. The van der Waals surface area contributed by atoms with E-state index in [2.05, 4.69) is 10.3 Å². The van der Waals surface area contributed by atoms with Crippen LogP contribution in [-0.2, 0) is 18.3 Å². The Morgan fingerprint density at radius 2 is 1.79 bits per heavy atom. The highest BCUT2D eigenvalue weighted by atomic mass is 16.5. The van der Waals surface area contributed by atoms with Crippen LogP contribution in [0.5, 0.6) is 11.5 Å². The molecule has 2 aromatic carbocycles. The van der Waals surface area contributed by atoms with E-state index in [0.29, 0.717) is 24.3 Å². The summed E-state index contributed by atoms with van der Waals surface area (Å²) in [6.07, 6.45) is 4.65. The van der Waals surface area contributed by atoms with E-state index in [-0.39, 0.29) is 5.91 Å². The molecule has 0 saturated heterocycles. The van der Waals surface area contributed by atoms with Gasteiger partial charge in [0, 0.05) is 31.9 Å². The molecule has 1 N–H and O–H groups in total. The highest BCUT2D eigenvalue weighted by molar-refractivity contribution is 5.77. The molecule has 0 spiro atoms. The first-order valence-corrected chi connectivity index (χ1v) is 9.14. The van der Waals surface area contributed by atoms with Gasteiger partial charge in [-0.05, 0) is 29.7 Å². The van der Waals surface area contributed by atoms with E-state index in [1.807, 2.05) is 60.3 Å². The van der Waals surface area contributed by atoms with Gasteiger partial charge in [0.05, 0.1) is 14.2 Å². The summed E-state index contributed by atoms with van der Waals surface area (Å²) in [5, 5.41) is 3.12. The normalized spacial score (nSPS) is 11.7. The van der Waals surface area contributed by atoms with Crippen LogP contribution in [0.2, 0.25) is 0 Å². The Kier molecular flexibility index (Phi) is 6.32. The quantitative estimate of drug-likeness (QED) is 0.652. The maximum atomic E-state index is 12.7. The summed E-state index contributed by atoms with van der Waals surface area (Å²) in [5.74, 6) is 2.01. The average Bonchev–Trinajstić information content (AvgIpc) is 3.16. The Morgan fingerprint density at radius 1 is 1.11 bits per heavy atom. The third-order valence-electron chi connectivity index (χ3n) is 4.61. The minimum atomic E-state index is -0.410. The molecule has 0 aliphatic carbocycles. The average molecular weight is 379 g/mol. The standard InChI is InChI=1S/C22H25N3O3/c1-25-12-11-23-22(25)21(17-13-18(27-2)15-19(14-17)28-3)24-20(26)10-9-16-7-5-4-6-8-16/h4-8,11-15,21H,9-10H2,1-3H3,(H,24,26). The van der Waals surface area contributed by atoms with Gasteiger partial charge >= 0.3 is 0 Å². The Labute approximate surface area is 165 Å². The van der Waals surface area contributed by atoms with Crippen LogP contribution in [0.15, 0.2) is 60.9 Å². The van der Waals surface area contributed by atoms with Crippen molar-refractivity contribution in [3.8, 4) is 11.5 Å². The van der Waals surface area contributed by atoms with Gasteiger partial charge in [-0.25, -0.2) is 4.98 Å². The van der Waals surface area contributed by atoms with Crippen LogP contribution < -0.4 is 14.8 Å². The van der Waals surface area contributed by atoms with Crippen molar-refractivity contribution >= 4 is 5.91 Å². The third-order valence-corrected chi connectivity index (χ3v) is 4.61. The first-order valence-electron chi connectivity index (χ1n) is 9.14. The van der Waals surface area contributed by atoms with Crippen LogP contribution in [0, 0.1) is 0 Å². The van der Waals surface area contributed by atoms with Crippen molar-refractivity contribution in [2.75, 3.05) is 14.2 Å². The van der Waals surface area contributed by atoms with E-state index >= 15 is 0 Å². The van der Waals surface area contributed by atoms with Crippen LogP contribution in [0.25, 0.3) is 0 Å². The number of aromatic nitrogens is 2. The molecule has 1 atom stereocenters. The van der Waals surface area contributed by atoms with Gasteiger partial charge in [0.15, 0.2) is 0 Å². The monoisotopic (exact) mass is 379 g/mol. The summed E-state index contributed by atoms with van der Waals surface area (Å²) < 4.78 is 12.7. The molecule has 6 nitrogen and oxygen atoms in total. The molecule has 0 radical (unpaired) electrons. The van der Waals surface area contributed by atoms with Crippen molar-refractivity contribution in [2.24, 2.45) is 7.05 Å². The summed E-state index contributed by atoms with van der Waals surface area (Å²) in [4.78, 5) is 17.1. The van der Waals surface area contributed by atoms with Crippen molar-refractivity contribution in [3.63, 3.8) is 0 Å². The zero-order chi connectivity index (χ0) is 19.9. The largest absolute Gasteiger partial charge is 0.497 e. The molecule has 0 fully saturated rings. The lowest BCUT2D eigenvalue weighted by Crippen LogP contribution is -2.31. The van der Waals surface area contributed by atoms with Crippen LogP contribution in [0.1, 0.15) is 29.4 Å². The molecular formula is C22H25N3O3. The molecule has 0 saturated carbocycles. The molecular weight excluding hydrogens is 354 g/mol. The second kappa shape index (κ2) is 9.08. The Hall–Kier alpha value is -3.28. The van der Waals surface area contributed by atoms with Crippen molar-refractivity contribution in [2.45, 2.75) is 18.9 Å². The van der Waals surface area contributed by atoms with Crippen molar-refractivity contribution in [3.05, 3.63) is 77.9 Å². The highest BCUT2D eigenvalue weighted by Crippen LogP contribution is 2.29. The molecule has 3 rings (SSSR count). The Balaban J connectivity index is 1.84. The predicted molar refractivity (Wildman–Crippen MR) is 108 cm³/mol. The van der Waals surface area contributed by atoms with Gasteiger partial charge in [-0.1, -0.05) is 30.3 Å². The van der Waals surface area contributed by atoms with E-state index in [4.69, 9.17) is 9.47 Å². The fourth-order valence-corrected chi connectivity index (χ4v) is 3.08. The molecule has 1 amide bonds. The Bertz CT molecular complexity index is 900. The number of amides is 1. The second-order valence-electron chi connectivity index (χ2n) is 6.53. The lowest BCUT2D eigenvalue weighted by molar-refractivity contribution is -0.121. The fraction of sp³-hybridized carbons (Fsp3) is 0.273. The summed E-state index contributed by atoms with van der Waals surface area (Å²) in [6, 6.07) is 15.1. The number of benzene rings is 2. The van der Waals surface area contributed by atoms with Crippen molar-refractivity contribution in [1.82, 2.24) is 14.9 Å². The molecule has 28 heavy (non-hydrogen) atoms. The van der Waals surface area contributed by atoms with Crippen molar-refractivity contribution < 1.29 is 14.3 Å². The molecule has 6 heteroatoms. The Morgan fingerprint density at radius 3 is 2.36 bits per heavy atom. The zero-order valence-electron chi connectivity index (χ0n) is 16.4. The van der Waals surface area contributed by atoms with Crippen LogP contribution >= 0.6 is 0 Å². The van der Waals surface area contributed by atoms with Crippen molar-refractivity contribution in [1.29, 1.82) is 0 Å². The van der Waals surface area contributed by atoms with Crippen LogP contribution in [-0.4, -0.2) is 29.7 Å². The lowest BCUT2D eigenvalue weighted by Gasteiger charge is -2.20. The number of nitrogens with zero attached hydrogens (tertiary/aromatic N) is 2. The summed E-state index contributed by atoms with van der Waals surface area (Å²) in [5.41, 5.74) is 1.98. The fourth-order valence-electron chi connectivity index (χ4n) is 3.08. The van der Waals surface area contributed by atoms with Crippen LogP contribution in [0.3, 0.4) is 0 Å². The summed E-state index contributed by atoms with van der Waals surface area (Å²) in [7, 11) is 5.11. The topological polar surface area (TPSA) is 65.4 Å². The first kappa shape index (κ1) is 19.5. The van der Waals surface area contributed by atoms with E-state index in [9.17, 15) is 4.79 Å². The number of methoxy groups -OCH3 is 2. The summed E-state index contributed by atoms with van der Waals surface area (Å²) >= 11 is 0. The molecule has 146 valence electrons. The first-order chi connectivity index (χ1) is 13.6. The minimum Gasteiger partial charge on any atom is -0.497 e. The number of carbonyl (C=O) groups is 1. The SMILES string of the molecule is COc1cc(OC)cc(C(NC(=O)CCc2ccccc2)c2nccn2C)c1. The summed E-state index contributed by atoms with van der Waals surface area (Å²) in [6.45, 7) is 0. The number of nitrogens with one attached hydrogen (secondary N) is 1. The van der Waals surface area contributed by atoms with E-state index in [1.165, 1.54) is 0 Å². The maximum Gasteiger partial charge on any atom is 0.221 e. The smallest absolute Gasteiger partial charge is 0.221 e. The molecule has 1 unspecified atom stereocenters. The second-order valence-corrected chi connectivity index (χ2v) is 6.53. The third kappa shape index (κ3) is 4.71. The number of hydrogen-bond acceptors (Lipinski definition) is 4. The number of ether oxygens (including phenoxy) is 2. The number of rotatable bonds is 8. The molecule has 0 aliphatic rings. The van der Waals surface area contributed by atoms with E-state index in [1.54, 1.807) is 26.5 Å². The van der Waals surface area contributed by atoms with Gasteiger partial charge in [0.1, 0.15) is 23.4 Å². The maximum absolute atomic E-state index is 12.7. The van der Waals surface area contributed by atoms with Gasteiger partial charge < -0.3 is 19.4 Å². The van der Waals surface area contributed by atoms with Gasteiger partial charge in [-0.3, -0.25) is 4.79 Å². The number of imidazole rings is 1. The van der Waals surface area contributed by atoms with Gasteiger partial charge in [-0.15, -0.1) is 0 Å². The van der Waals surface area contributed by atoms with Gasteiger partial charge in [-0.2, -0.15) is 0 Å². The van der Waals surface area contributed by atoms with Crippen LogP contribution in [0.4, 0.5) is 0 Å². The zero-order valence-corrected chi connectivity index (χ0v) is 16.4. The van der Waals surface area contributed by atoms with E-state index in [0.717, 1.165) is 17.0 Å². The number of hydrogen-bond donors (Lipinski definition) is 1. The van der Waals surface area contributed by atoms with Gasteiger partial charge in [0.2, 0.25) is 5.91 Å². The highest BCUT2D eigenvalue weighted by Gasteiger charge is 2.22. The predicted octanol–water partition coefficient (Wildman–Crippen LogP) is 3.28. The lowest BCUT2D eigenvalue weighted by atomic mass is 10.0. The minimum absolute atomic E-state index is 0.0429. The van der Waals surface area contributed by atoms with Gasteiger partial charge in [0.25, 0.3) is 0 Å². The molecule has 0 bridgehead atoms. The molecule has 1 aromatic heterocycles. The van der Waals surface area contributed by atoms with E-state index < -0.39 is 6.04 Å². The number of aryl methyl sites for hydroxylation is 2. The molecule has 3 aromatic rings.